The predicted octanol–water partition coefficient (Wildman–Crippen LogP) is -0.305. The zero-order valence-electron chi connectivity index (χ0n) is 11.7. The molecule has 0 radical (unpaired) electrons. The van der Waals surface area contributed by atoms with Crippen LogP contribution in [0.4, 0.5) is 0 Å². The normalized spacial score (nSPS) is 20.1. The Bertz CT molecular complexity index is 674. The summed E-state index contributed by atoms with van der Waals surface area (Å²) in [5, 5.41) is 15.4. The molecule has 1 N–H and O–H groups in total. The largest absolute Gasteiger partial charge is 0.348 e. The van der Waals surface area contributed by atoms with E-state index in [1.165, 1.54) is 0 Å². The molecule has 0 saturated carbocycles. The topological polar surface area (TPSA) is 90.5 Å². The summed E-state index contributed by atoms with van der Waals surface area (Å²) in [6.45, 7) is 2.02. The minimum Gasteiger partial charge on any atom is -0.348 e. The number of nitrogens with zero attached hydrogens (tertiary/aromatic N) is 6. The molecule has 1 atom stereocenters. The minimum atomic E-state index is -0.0415. The van der Waals surface area contributed by atoms with Gasteiger partial charge in [-0.15, -0.1) is 10.2 Å². The van der Waals surface area contributed by atoms with Crippen molar-refractivity contribution in [3.63, 3.8) is 0 Å². The Morgan fingerprint density at radius 1 is 1.33 bits per heavy atom. The highest BCUT2D eigenvalue weighted by Gasteiger charge is 2.26. The van der Waals surface area contributed by atoms with Crippen LogP contribution >= 0.6 is 0 Å². The van der Waals surface area contributed by atoms with E-state index in [0.717, 1.165) is 49.7 Å². The van der Waals surface area contributed by atoms with Crippen molar-refractivity contribution < 1.29 is 4.79 Å². The molecule has 8 heteroatoms. The zero-order chi connectivity index (χ0) is 14.2. The molecule has 0 aliphatic carbocycles. The van der Waals surface area contributed by atoms with E-state index in [1.807, 2.05) is 4.68 Å². The van der Waals surface area contributed by atoms with Crippen LogP contribution < -0.4 is 5.32 Å². The average Bonchev–Trinajstić information content (AvgIpc) is 3.20. The van der Waals surface area contributed by atoms with E-state index < -0.39 is 0 Å². The van der Waals surface area contributed by atoms with Crippen LogP contribution in [0.3, 0.4) is 0 Å². The second-order valence-corrected chi connectivity index (χ2v) is 5.60. The standard InChI is InChI=1S/C13H17N7O/c21-13(9-3-4-10-15-8-16-20(10)7-9)14-6-12-18-17-11-2-1-5-19(11)12/h8-9H,1-7H2,(H,14,21). The number of carbonyl (C=O) groups is 1. The molecular formula is C13H17N7O. The molecule has 1 unspecified atom stereocenters. The van der Waals surface area contributed by atoms with Gasteiger partial charge in [0.1, 0.15) is 18.0 Å². The molecule has 2 aromatic heterocycles. The van der Waals surface area contributed by atoms with Crippen molar-refractivity contribution in [2.75, 3.05) is 0 Å². The number of aryl methyl sites for hydroxylation is 2. The molecule has 0 fully saturated rings. The molecule has 0 spiro atoms. The van der Waals surface area contributed by atoms with Crippen molar-refractivity contribution >= 4 is 5.91 Å². The lowest BCUT2D eigenvalue weighted by Gasteiger charge is -2.21. The molecule has 110 valence electrons. The summed E-state index contributed by atoms with van der Waals surface area (Å²) in [4.78, 5) is 16.5. The Morgan fingerprint density at radius 2 is 2.29 bits per heavy atom. The summed E-state index contributed by atoms with van der Waals surface area (Å²) in [6.07, 6.45) is 5.28. The second-order valence-electron chi connectivity index (χ2n) is 5.60. The summed E-state index contributed by atoms with van der Waals surface area (Å²) in [5.74, 6) is 2.87. The zero-order valence-corrected chi connectivity index (χ0v) is 11.7. The number of amides is 1. The van der Waals surface area contributed by atoms with Crippen molar-refractivity contribution in [1.29, 1.82) is 0 Å². The van der Waals surface area contributed by atoms with E-state index >= 15 is 0 Å². The molecule has 8 nitrogen and oxygen atoms in total. The van der Waals surface area contributed by atoms with E-state index in [9.17, 15) is 4.79 Å². The molecule has 0 aromatic carbocycles. The second kappa shape index (κ2) is 4.94. The van der Waals surface area contributed by atoms with E-state index in [4.69, 9.17) is 0 Å². The lowest BCUT2D eigenvalue weighted by atomic mass is 9.99. The maximum atomic E-state index is 12.3. The molecular weight excluding hydrogens is 270 g/mol. The first-order valence-corrected chi connectivity index (χ1v) is 7.36. The number of nitrogens with one attached hydrogen (secondary N) is 1. The molecule has 0 bridgehead atoms. The average molecular weight is 287 g/mol. The van der Waals surface area contributed by atoms with Crippen LogP contribution in [-0.2, 0) is 37.3 Å². The fourth-order valence-electron chi connectivity index (χ4n) is 3.10. The fourth-order valence-corrected chi connectivity index (χ4v) is 3.10. The van der Waals surface area contributed by atoms with Gasteiger partial charge in [-0.05, 0) is 12.8 Å². The Hall–Kier alpha value is -2.25. The number of rotatable bonds is 3. The number of aromatic nitrogens is 6. The van der Waals surface area contributed by atoms with Gasteiger partial charge in [0.25, 0.3) is 0 Å². The summed E-state index contributed by atoms with van der Waals surface area (Å²) in [7, 11) is 0. The smallest absolute Gasteiger partial charge is 0.225 e. The highest BCUT2D eigenvalue weighted by Crippen LogP contribution is 2.18. The summed E-state index contributed by atoms with van der Waals surface area (Å²) >= 11 is 0. The van der Waals surface area contributed by atoms with Gasteiger partial charge in [0, 0.05) is 19.4 Å². The van der Waals surface area contributed by atoms with Gasteiger partial charge in [-0.1, -0.05) is 0 Å². The highest BCUT2D eigenvalue weighted by molar-refractivity contribution is 5.78. The predicted molar refractivity (Wildman–Crippen MR) is 72.0 cm³/mol. The van der Waals surface area contributed by atoms with Crippen molar-refractivity contribution in [3.8, 4) is 0 Å². The van der Waals surface area contributed by atoms with E-state index in [-0.39, 0.29) is 11.8 Å². The molecule has 2 aliphatic rings. The number of hydrogen-bond acceptors (Lipinski definition) is 5. The monoisotopic (exact) mass is 287 g/mol. The van der Waals surface area contributed by atoms with Crippen LogP contribution in [0.25, 0.3) is 0 Å². The molecule has 4 heterocycles. The Kier molecular flexibility index (Phi) is 2.94. The SMILES string of the molecule is O=C(NCc1nnc2n1CCC2)C1CCc2ncnn2C1. The Balaban J connectivity index is 1.38. The van der Waals surface area contributed by atoms with Crippen molar-refractivity contribution in [2.45, 2.75) is 45.3 Å². The van der Waals surface area contributed by atoms with Gasteiger partial charge >= 0.3 is 0 Å². The quantitative estimate of drug-likeness (QED) is 0.836. The van der Waals surface area contributed by atoms with Gasteiger partial charge in [-0.25, -0.2) is 9.67 Å². The molecule has 1 amide bonds. The first-order valence-electron chi connectivity index (χ1n) is 7.36. The summed E-state index contributed by atoms with van der Waals surface area (Å²) in [6, 6.07) is 0. The third-order valence-electron chi connectivity index (χ3n) is 4.28. The Labute approximate surface area is 121 Å². The van der Waals surface area contributed by atoms with Gasteiger partial charge < -0.3 is 9.88 Å². The van der Waals surface area contributed by atoms with E-state index in [0.29, 0.717) is 13.1 Å². The number of fused-ring (bicyclic) bond motifs is 2. The fraction of sp³-hybridized carbons (Fsp3) is 0.615. The van der Waals surface area contributed by atoms with Crippen molar-refractivity contribution in [1.82, 2.24) is 34.8 Å². The summed E-state index contributed by atoms with van der Waals surface area (Å²) in [5.41, 5.74) is 0. The lowest BCUT2D eigenvalue weighted by molar-refractivity contribution is -0.126. The van der Waals surface area contributed by atoms with E-state index in [1.54, 1.807) is 6.33 Å². The molecule has 0 saturated heterocycles. The maximum absolute atomic E-state index is 12.3. The van der Waals surface area contributed by atoms with Crippen molar-refractivity contribution in [3.05, 3.63) is 23.8 Å². The van der Waals surface area contributed by atoms with Gasteiger partial charge in [-0.2, -0.15) is 5.10 Å². The lowest BCUT2D eigenvalue weighted by Crippen LogP contribution is -2.36. The van der Waals surface area contributed by atoms with Gasteiger partial charge in [0.05, 0.1) is 19.0 Å². The number of hydrogen-bond donors (Lipinski definition) is 1. The Morgan fingerprint density at radius 3 is 3.24 bits per heavy atom. The van der Waals surface area contributed by atoms with Gasteiger partial charge in [0.2, 0.25) is 5.91 Å². The first kappa shape index (κ1) is 12.5. The maximum Gasteiger partial charge on any atom is 0.225 e. The molecule has 2 aliphatic heterocycles. The van der Waals surface area contributed by atoms with Gasteiger partial charge in [0.15, 0.2) is 5.82 Å². The minimum absolute atomic E-state index is 0.0415. The van der Waals surface area contributed by atoms with Gasteiger partial charge in [-0.3, -0.25) is 4.79 Å². The number of carbonyl (C=O) groups excluding carboxylic acids is 1. The van der Waals surface area contributed by atoms with Crippen LogP contribution in [0.1, 0.15) is 30.3 Å². The molecule has 2 aromatic rings. The summed E-state index contributed by atoms with van der Waals surface area (Å²) < 4.78 is 3.93. The van der Waals surface area contributed by atoms with Crippen LogP contribution in [0.2, 0.25) is 0 Å². The van der Waals surface area contributed by atoms with E-state index in [2.05, 4.69) is 30.2 Å². The molecule has 4 rings (SSSR count). The van der Waals surface area contributed by atoms with Crippen LogP contribution in [-0.4, -0.2) is 35.4 Å². The van der Waals surface area contributed by atoms with Crippen LogP contribution in [0, 0.1) is 5.92 Å². The van der Waals surface area contributed by atoms with Crippen molar-refractivity contribution in [2.24, 2.45) is 5.92 Å². The molecule has 21 heavy (non-hydrogen) atoms. The third-order valence-corrected chi connectivity index (χ3v) is 4.28. The highest BCUT2D eigenvalue weighted by atomic mass is 16.1. The van der Waals surface area contributed by atoms with Crippen LogP contribution in [0.15, 0.2) is 6.33 Å². The van der Waals surface area contributed by atoms with Crippen LogP contribution in [0.5, 0.6) is 0 Å². The first-order chi connectivity index (χ1) is 10.3. The third kappa shape index (κ3) is 2.20.